The number of carbonyl (C=O) groups is 1. The average molecular weight is 361 g/mol. The van der Waals surface area contributed by atoms with E-state index in [2.05, 4.69) is 15.6 Å². The van der Waals surface area contributed by atoms with Crippen molar-refractivity contribution in [1.29, 1.82) is 0 Å². The van der Waals surface area contributed by atoms with Crippen molar-refractivity contribution in [1.82, 2.24) is 15.6 Å². The van der Waals surface area contributed by atoms with E-state index in [4.69, 9.17) is 4.42 Å². The molecular formula is C22H23N3O2. The highest BCUT2D eigenvalue weighted by Gasteiger charge is 2.24. The van der Waals surface area contributed by atoms with E-state index in [-0.39, 0.29) is 17.9 Å². The number of oxazole rings is 1. The highest BCUT2D eigenvalue weighted by atomic mass is 16.3. The molecule has 3 aromatic rings. The maximum atomic E-state index is 12.9. The Bertz CT molecular complexity index is 831. The topological polar surface area (TPSA) is 67.2 Å². The van der Waals surface area contributed by atoms with Gasteiger partial charge in [0.05, 0.1) is 6.04 Å². The number of benzene rings is 2. The molecule has 4 rings (SSSR count). The summed E-state index contributed by atoms with van der Waals surface area (Å²) in [5.74, 6) is 0.723. The Kier molecular flexibility index (Phi) is 5.30. The highest BCUT2D eigenvalue weighted by molar-refractivity contribution is 5.92. The number of nitrogens with one attached hydrogen (secondary N) is 2. The van der Waals surface area contributed by atoms with Crippen LogP contribution in [0.4, 0.5) is 0 Å². The molecule has 2 N–H and O–H groups in total. The predicted molar refractivity (Wildman–Crippen MR) is 104 cm³/mol. The van der Waals surface area contributed by atoms with Crippen molar-refractivity contribution < 1.29 is 9.21 Å². The molecule has 0 bridgehead atoms. The number of piperidine rings is 1. The molecule has 5 heteroatoms. The number of nitrogens with zero attached hydrogens (tertiary/aromatic N) is 1. The summed E-state index contributed by atoms with van der Waals surface area (Å²) >= 11 is 0. The van der Waals surface area contributed by atoms with E-state index < -0.39 is 0 Å². The molecule has 27 heavy (non-hydrogen) atoms. The first-order valence-corrected chi connectivity index (χ1v) is 9.38. The van der Waals surface area contributed by atoms with E-state index in [0.717, 1.165) is 37.1 Å². The second-order valence-corrected chi connectivity index (χ2v) is 6.82. The summed E-state index contributed by atoms with van der Waals surface area (Å²) in [6.45, 7) is 1.91. The van der Waals surface area contributed by atoms with Gasteiger partial charge in [-0.3, -0.25) is 4.79 Å². The van der Waals surface area contributed by atoms with Gasteiger partial charge in [0.2, 0.25) is 0 Å². The summed E-state index contributed by atoms with van der Waals surface area (Å²) in [6.07, 6.45) is 3.44. The molecule has 5 nitrogen and oxygen atoms in total. The molecule has 2 heterocycles. The summed E-state index contributed by atoms with van der Waals surface area (Å²) in [4.78, 5) is 17.3. The van der Waals surface area contributed by atoms with Crippen LogP contribution in [0.5, 0.6) is 0 Å². The zero-order valence-electron chi connectivity index (χ0n) is 15.1. The Morgan fingerprint density at radius 3 is 2.19 bits per heavy atom. The molecule has 0 spiro atoms. The van der Waals surface area contributed by atoms with Gasteiger partial charge in [-0.15, -0.1) is 0 Å². The van der Waals surface area contributed by atoms with Crippen LogP contribution in [0.3, 0.4) is 0 Å². The van der Waals surface area contributed by atoms with Crippen LogP contribution in [0.15, 0.2) is 71.3 Å². The minimum Gasteiger partial charge on any atom is -0.448 e. The van der Waals surface area contributed by atoms with Crippen molar-refractivity contribution >= 4 is 5.91 Å². The molecule has 1 amide bonds. The summed E-state index contributed by atoms with van der Waals surface area (Å²) in [5.41, 5.74) is 2.39. The third-order valence-corrected chi connectivity index (χ3v) is 4.98. The van der Waals surface area contributed by atoms with Crippen molar-refractivity contribution in [3.8, 4) is 0 Å². The van der Waals surface area contributed by atoms with Gasteiger partial charge in [-0.1, -0.05) is 60.7 Å². The Labute approximate surface area is 158 Å². The summed E-state index contributed by atoms with van der Waals surface area (Å²) in [6, 6.07) is 19.7. The van der Waals surface area contributed by atoms with Crippen molar-refractivity contribution in [2.45, 2.75) is 24.8 Å². The summed E-state index contributed by atoms with van der Waals surface area (Å²) in [7, 11) is 0. The SMILES string of the molecule is O=C(NC(c1ccccc1)c1ccccc1)c1coc(C2CCNCC2)n1. The molecular weight excluding hydrogens is 338 g/mol. The third kappa shape index (κ3) is 4.09. The standard InChI is InChI=1S/C22H23N3O2/c26-21(19-15-27-22(24-19)18-11-13-23-14-12-18)25-20(16-7-3-1-4-8-16)17-9-5-2-6-10-17/h1-10,15,18,20,23H,11-14H2,(H,25,26). The maximum Gasteiger partial charge on any atom is 0.273 e. The maximum absolute atomic E-state index is 12.9. The molecule has 0 aliphatic carbocycles. The number of hydrogen-bond acceptors (Lipinski definition) is 4. The number of amides is 1. The lowest BCUT2D eigenvalue weighted by Gasteiger charge is -2.20. The second kappa shape index (κ2) is 8.18. The third-order valence-electron chi connectivity index (χ3n) is 4.98. The van der Waals surface area contributed by atoms with Gasteiger partial charge in [-0.05, 0) is 37.1 Å². The minimum absolute atomic E-state index is 0.225. The van der Waals surface area contributed by atoms with Crippen LogP contribution in [-0.2, 0) is 0 Å². The average Bonchev–Trinajstić information content (AvgIpc) is 3.24. The van der Waals surface area contributed by atoms with E-state index in [1.54, 1.807) is 0 Å². The molecule has 0 atom stereocenters. The van der Waals surface area contributed by atoms with Crippen LogP contribution in [0.25, 0.3) is 0 Å². The first kappa shape index (κ1) is 17.5. The fourth-order valence-corrected chi connectivity index (χ4v) is 3.50. The fourth-order valence-electron chi connectivity index (χ4n) is 3.50. The normalized spacial score (nSPS) is 15.0. The van der Waals surface area contributed by atoms with Gasteiger partial charge in [0.25, 0.3) is 5.91 Å². The molecule has 1 fully saturated rings. The van der Waals surface area contributed by atoms with Gasteiger partial charge in [0.1, 0.15) is 6.26 Å². The molecule has 138 valence electrons. The molecule has 0 unspecified atom stereocenters. The molecule has 1 aliphatic heterocycles. The Morgan fingerprint density at radius 1 is 1.00 bits per heavy atom. The van der Waals surface area contributed by atoms with E-state index >= 15 is 0 Å². The second-order valence-electron chi connectivity index (χ2n) is 6.82. The van der Waals surface area contributed by atoms with Gasteiger partial charge < -0.3 is 15.1 Å². The zero-order chi connectivity index (χ0) is 18.5. The van der Waals surface area contributed by atoms with Crippen molar-refractivity contribution in [2.24, 2.45) is 0 Å². The quantitative estimate of drug-likeness (QED) is 0.728. The van der Waals surface area contributed by atoms with Crippen molar-refractivity contribution in [2.75, 3.05) is 13.1 Å². The van der Waals surface area contributed by atoms with Crippen molar-refractivity contribution in [3.63, 3.8) is 0 Å². The van der Waals surface area contributed by atoms with E-state index in [1.807, 2.05) is 60.7 Å². The van der Waals surface area contributed by atoms with Crippen LogP contribution < -0.4 is 10.6 Å². The van der Waals surface area contributed by atoms with E-state index in [1.165, 1.54) is 6.26 Å². The first-order valence-electron chi connectivity index (χ1n) is 9.38. The Morgan fingerprint density at radius 2 is 1.59 bits per heavy atom. The van der Waals surface area contributed by atoms with Crippen LogP contribution in [-0.4, -0.2) is 24.0 Å². The van der Waals surface area contributed by atoms with Crippen LogP contribution in [0, 0.1) is 0 Å². The minimum atomic E-state index is -0.237. The lowest BCUT2D eigenvalue weighted by atomic mass is 9.98. The van der Waals surface area contributed by atoms with Gasteiger partial charge in [0, 0.05) is 5.92 Å². The zero-order valence-corrected chi connectivity index (χ0v) is 15.1. The van der Waals surface area contributed by atoms with Gasteiger partial charge in [-0.2, -0.15) is 0 Å². The predicted octanol–water partition coefficient (Wildman–Crippen LogP) is 3.66. The van der Waals surface area contributed by atoms with Crippen LogP contribution >= 0.6 is 0 Å². The first-order chi connectivity index (χ1) is 13.3. The van der Waals surface area contributed by atoms with E-state index in [9.17, 15) is 4.79 Å². The number of carbonyl (C=O) groups excluding carboxylic acids is 1. The fraction of sp³-hybridized carbons (Fsp3) is 0.273. The summed E-state index contributed by atoms with van der Waals surface area (Å²) in [5, 5.41) is 6.44. The lowest BCUT2D eigenvalue weighted by Crippen LogP contribution is -2.30. The van der Waals surface area contributed by atoms with Crippen molar-refractivity contribution in [3.05, 3.63) is 89.6 Å². The lowest BCUT2D eigenvalue weighted by molar-refractivity contribution is 0.0938. The Balaban J connectivity index is 1.54. The van der Waals surface area contributed by atoms with Gasteiger partial charge in [0.15, 0.2) is 11.6 Å². The summed E-state index contributed by atoms with van der Waals surface area (Å²) < 4.78 is 5.62. The van der Waals surface area contributed by atoms with Crippen LogP contribution in [0.1, 0.15) is 52.3 Å². The monoisotopic (exact) mass is 361 g/mol. The molecule has 0 saturated carbocycles. The molecule has 2 aromatic carbocycles. The van der Waals surface area contributed by atoms with Gasteiger partial charge >= 0.3 is 0 Å². The smallest absolute Gasteiger partial charge is 0.273 e. The Hall–Kier alpha value is -2.92. The van der Waals surface area contributed by atoms with Gasteiger partial charge in [-0.25, -0.2) is 4.98 Å². The molecule has 1 aromatic heterocycles. The highest BCUT2D eigenvalue weighted by Crippen LogP contribution is 2.25. The molecule has 1 aliphatic rings. The number of rotatable bonds is 5. The largest absolute Gasteiger partial charge is 0.448 e. The molecule has 0 radical (unpaired) electrons. The number of aromatic nitrogens is 1. The number of hydrogen-bond donors (Lipinski definition) is 2. The van der Waals surface area contributed by atoms with Crippen LogP contribution in [0.2, 0.25) is 0 Å². The molecule has 1 saturated heterocycles. The van der Waals surface area contributed by atoms with E-state index in [0.29, 0.717) is 11.6 Å².